The topological polar surface area (TPSA) is 53.6 Å². The third-order valence-electron chi connectivity index (χ3n) is 2.84. The largest absolute Gasteiger partial charge is 0.308 e. The number of hydrogen-bond acceptors (Lipinski definition) is 4. The standard InChI is InChI=1S/C12H12N4S/c1-13-11(10-7-14-16-15-10)9-4-2-3-8-5-6-17-12(8)9/h2-7,11,13H,1H3,(H,14,15,16). The van der Waals surface area contributed by atoms with Gasteiger partial charge in [-0.05, 0) is 29.4 Å². The molecule has 2 heterocycles. The van der Waals surface area contributed by atoms with E-state index in [-0.39, 0.29) is 6.04 Å². The number of nitrogens with zero attached hydrogens (tertiary/aromatic N) is 2. The summed E-state index contributed by atoms with van der Waals surface area (Å²) in [5.41, 5.74) is 2.15. The maximum atomic E-state index is 4.16. The van der Waals surface area contributed by atoms with E-state index in [4.69, 9.17) is 0 Å². The highest BCUT2D eigenvalue weighted by molar-refractivity contribution is 7.17. The highest BCUT2D eigenvalue weighted by Gasteiger charge is 2.17. The minimum atomic E-state index is 0.0797. The number of thiophene rings is 1. The fourth-order valence-electron chi connectivity index (χ4n) is 2.06. The summed E-state index contributed by atoms with van der Waals surface area (Å²) in [5, 5.41) is 17.4. The number of rotatable bonds is 3. The fraction of sp³-hybridized carbons (Fsp3) is 0.167. The lowest BCUT2D eigenvalue weighted by atomic mass is 10.0. The molecule has 5 heteroatoms. The first-order valence-corrected chi connectivity index (χ1v) is 6.27. The zero-order chi connectivity index (χ0) is 11.7. The number of fused-ring (bicyclic) bond motifs is 1. The minimum Gasteiger partial charge on any atom is -0.308 e. The van der Waals surface area contributed by atoms with Crippen molar-refractivity contribution in [2.24, 2.45) is 0 Å². The van der Waals surface area contributed by atoms with E-state index >= 15 is 0 Å². The Kier molecular flexibility index (Phi) is 2.62. The van der Waals surface area contributed by atoms with E-state index < -0.39 is 0 Å². The van der Waals surface area contributed by atoms with Crippen molar-refractivity contribution in [1.82, 2.24) is 20.7 Å². The molecular weight excluding hydrogens is 232 g/mol. The number of benzene rings is 1. The summed E-state index contributed by atoms with van der Waals surface area (Å²) < 4.78 is 1.30. The summed E-state index contributed by atoms with van der Waals surface area (Å²) in [6.45, 7) is 0. The van der Waals surface area contributed by atoms with Gasteiger partial charge in [0.1, 0.15) is 5.69 Å². The van der Waals surface area contributed by atoms with Crippen molar-refractivity contribution >= 4 is 21.4 Å². The van der Waals surface area contributed by atoms with Gasteiger partial charge in [0.05, 0.1) is 12.2 Å². The number of aromatic nitrogens is 3. The van der Waals surface area contributed by atoms with Crippen LogP contribution in [0.15, 0.2) is 35.8 Å². The first-order chi connectivity index (χ1) is 8.40. The van der Waals surface area contributed by atoms with E-state index in [2.05, 4.69) is 50.4 Å². The van der Waals surface area contributed by atoms with Crippen LogP contribution in [-0.4, -0.2) is 22.5 Å². The Morgan fingerprint density at radius 1 is 1.35 bits per heavy atom. The molecule has 1 aromatic carbocycles. The van der Waals surface area contributed by atoms with Gasteiger partial charge in [-0.15, -0.1) is 11.3 Å². The van der Waals surface area contributed by atoms with E-state index in [1.165, 1.54) is 15.6 Å². The molecule has 0 aliphatic heterocycles. The van der Waals surface area contributed by atoms with Crippen LogP contribution in [0.4, 0.5) is 0 Å². The molecule has 0 aliphatic carbocycles. The van der Waals surface area contributed by atoms with Gasteiger partial charge in [-0.1, -0.05) is 18.2 Å². The smallest absolute Gasteiger partial charge is 0.104 e. The van der Waals surface area contributed by atoms with Gasteiger partial charge < -0.3 is 5.32 Å². The van der Waals surface area contributed by atoms with Crippen LogP contribution < -0.4 is 5.32 Å². The van der Waals surface area contributed by atoms with Crippen molar-refractivity contribution in [3.8, 4) is 0 Å². The molecule has 0 spiro atoms. The van der Waals surface area contributed by atoms with Crippen LogP contribution in [0.3, 0.4) is 0 Å². The van der Waals surface area contributed by atoms with Gasteiger partial charge in [-0.2, -0.15) is 15.4 Å². The van der Waals surface area contributed by atoms with Crippen LogP contribution in [-0.2, 0) is 0 Å². The number of aromatic amines is 1. The highest BCUT2D eigenvalue weighted by atomic mass is 32.1. The summed E-state index contributed by atoms with van der Waals surface area (Å²) >= 11 is 1.76. The van der Waals surface area contributed by atoms with Crippen molar-refractivity contribution in [1.29, 1.82) is 0 Å². The lowest BCUT2D eigenvalue weighted by Crippen LogP contribution is -2.18. The van der Waals surface area contributed by atoms with E-state index in [1.807, 2.05) is 7.05 Å². The lowest BCUT2D eigenvalue weighted by molar-refractivity contribution is 0.672. The van der Waals surface area contributed by atoms with Gasteiger partial charge in [0, 0.05) is 4.70 Å². The average molecular weight is 244 g/mol. The van der Waals surface area contributed by atoms with Gasteiger partial charge in [-0.25, -0.2) is 0 Å². The molecule has 4 nitrogen and oxygen atoms in total. The second-order valence-electron chi connectivity index (χ2n) is 3.80. The van der Waals surface area contributed by atoms with Crippen molar-refractivity contribution in [2.45, 2.75) is 6.04 Å². The first kappa shape index (κ1) is 10.4. The lowest BCUT2D eigenvalue weighted by Gasteiger charge is -2.14. The highest BCUT2D eigenvalue weighted by Crippen LogP contribution is 2.31. The Balaban J connectivity index is 2.16. The van der Waals surface area contributed by atoms with Crippen LogP contribution in [0, 0.1) is 0 Å². The molecule has 2 aromatic heterocycles. The van der Waals surface area contributed by atoms with Crippen LogP contribution >= 0.6 is 11.3 Å². The Labute approximate surface area is 103 Å². The van der Waals surface area contributed by atoms with Gasteiger partial charge in [0.15, 0.2) is 0 Å². The minimum absolute atomic E-state index is 0.0797. The summed E-state index contributed by atoms with van der Waals surface area (Å²) in [4.78, 5) is 0. The van der Waals surface area contributed by atoms with Crippen molar-refractivity contribution in [3.05, 3.63) is 47.1 Å². The van der Waals surface area contributed by atoms with Crippen LogP contribution in [0.2, 0.25) is 0 Å². The fourth-order valence-corrected chi connectivity index (χ4v) is 3.00. The average Bonchev–Trinajstić information content (AvgIpc) is 3.00. The molecule has 0 bridgehead atoms. The Hall–Kier alpha value is -1.72. The Morgan fingerprint density at radius 3 is 3.06 bits per heavy atom. The molecule has 0 saturated heterocycles. The van der Waals surface area contributed by atoms with E-state index in [1.54, 1.807) is 17.5 Å². The van der Waals surface area contributed by atoms with E-state index in [0.717, 1.165) is 5.69 Å². The monoisotopic (exact) mass is 244 g/mol. The predicted molar refractivity (Wildman–Crippen MR) is 69.1 cm³/mol. The third kappa shape index (κ3) is 1.73. The number of nitrogens with one attached hydrogen (secondary N) is 2. The number of hydrogen-bond donors (Lipinski definition) is 2. The quantitative estimate of drug-likeness (QED) is 0.743. The molecule has 0 aliphatic rings. The van der Waals surface area contributed by atoms with Crippen molar-refractivity contribution < 1.29 is 0 Å². The van der Waals surface area contributed by atoms with Crippen LogP contribution in [0.25, 0.3) is 10.1 Å². The zero-order valence-corrected chi connectivity index (χ0v) is 10.2. The van der Waals surface area contributed by atoms with E-state index in [0.29, 0.717) is 0 Å². The molecule has 0 saturated carbocycles. The molecule has 86 valence electrons. The summed E-state index contributed by atoms with van der Waals surface area (Å²) in [5.74, 6) is 0. The summed E-state index contributed by atoms with van der Waals surface area (Å²) in [6.07, 6.45) is 1.76. The van der Waals surface area contributed by atoms with Gasteiger partial charge in [0.2, 0.25) is 0 Å². The molecule has 0 amide bonds. The normalized spacial score (nSPS) is 13.0. The van der Waals surface area contributed by atoms with Gasteiger partial charge in [-0.3, -0.25) is 0 Å². The van der Waals surface area contributed by atoms with E-state index in [9.17, 15) is 0 Å². The first-order valence-electron chi connectivity index (χ1n) is 5.39. The molecular formula is C12H12N4S. The Morgan fingerprint density at radius 2 is 2.29 bits per heavy atom. The molecule has 1 unspecified atom stereocenters. The van der Waals surface area contributed by atoms with Crippen LogP contribution in [0.1, 0.15) is 17.3 Å². The molecule has 2 N–H and O–H groups in total. The van der Waals surface area contributed by atoms with Crippen molar-refractivity contribution in [2.75, 3.05) is 7.05 Å². The molecule has 0 radical (unpaired) electrons. The zero-order valence-electron chi connectivity index (χ0n) is 9.34. The summed E-state index contributed by atoms with van der Waals surface area (Å²) in [6, 6.07) is 8.56. The third-order valence-corrected chi connectivity index (χ3v) is 3.82. The predicted octanol–water partition coefficient (Wildman–Crippen LogP) is 2.33. The van der Waals surface area contributed by atoms with Gasteiger partial charge >= 0.3 is 0 Å². The van der Waals surface area contributed by atoms with Crippen LogP contribution in [0.5, 0.6) is 0 Å². The molecule has 3 aromatic rings. The summed E-state index contributed by atoms with van der Waals surface area (Å²) in [7, 11) is 1.94. The molecule has 1 atom stereocenters. The molecule has 17 heavy (non-hydrogen) atoms. The van der Waals surface area contributed by atoms with Crippen molar-refractivity contribution in [3.63, 3.8) is 0 Å². The molecule has 0 fully saturated rings. The second kappa shape index (κ2) is 4.27. The maximum Gasteiger partial charge on any atom is 0.104 e. The second-order valence-corrected chi connectivity index (χ2v) is 4.72. The maximum absolute atomic E-state index is 4.16. The van der Waals surface area contributed by atoms with Gasteiger partial charge in [0.25, 0.3) is 0 Å². The Bertz CT molecular complexity index is 614. The number of H-pyrrole nitrogens is 1. The SMILES string of the molecule is CNC(c1cn[nH]n1)c1cccc2ccsc12. The molecule has 3 rings (SSSR count).